The van der Waals surface area contributed by atoms with Crippen molar-refractivity contribution < 1.29 is 28.6 Å². The molecule has 0 rings (SSSR count). The van der Waals surface area contributed by atoms with E-state index in [2.05, 4.69) is 69.4 Å². The van der Waals surface area contributed by atoms with E-state index in [4.69, 9.17) is 14.2 Å². The predicted molar refractivity (Wildman–Crippen MR) is 358 cm³/mol. The van der Waals surface area contributed by atoms with Gasteiger partial charge in [-0.05, 0) is 83.5 Å². The third-order valence-corrected chi connectivity index (χ3v) is 16.6. The maximum atomic E-state index is 12.9. The Morgan fingerprint density at radius 1 is 0.244 bits per heavy atom. The number of carbonyl (C=O) groups is 3. The van der Waals surface area contributed by atoms with Crippen molar-refractivity contribution in [2.24, 2.45) is 0 Å². The molecule has 0 aromatic rings. The SMILES string of the molecule is CCCCCCC/C=C\C/C=C\CCCCCCCCCCCCCCCCCCCCCC(=O)OCC(COC(=O)CCCCCCCCCCCCCC)OC(=O)CCCCCCCCCCC/C=C\C/C=C\CCCCCCC. The average Bonchev–Trinajstić information content (AvgIpc) is 3.47. The van der Waals surface area contributed by atoms with Crippen LogP contribution < -0.4 is 0 Å². The Morgan fingerprint density at radius 2 is 0.439 bits per heavy atom. The van der Waals surface area contributed by atoms with Gasteiger partial charge in [-0.15, -0.1) is 0 Å². The van der Waals surface area contributed by atoms with Crippen LogP contribution in [0, 0.1) is 0 Å². The molecule has 0 aliphatic rings. The van der Waals surface area contributed by atoms with Gasteiger partial charge in [-0.1, -0.05) is 345 Å². The monoisotopic (exact) mass is 1150 g/mol. The van der Waals surface area contributed by atoms with E-state index in [-0.39, 0.29) is 31.1 Å². The molecule has 0 saturated carbocycles. The molecule has 1 atom stereocenters. The zero-order valence-electron chi connectivity index (χ0n) is 55.3. The Balaban J connectivity index is 4.16. The van der Waals surface area contributed by atoms with Gasteiger partial charge in [0.1, 0.15) is 13.2 Å². The molecule has 0 fully saturated rings. The minimum Gasteiger partial charge on any atom is -0.462 e. The topological polar surface area (TPSA) is 78.9 Å². The van der Waals surface area contributed by atoms with Crippen molar-refractivity contribution in [2.75, 3.05) is 13.2 Å². The Kier molecular flexibility index (Phi) is 68.6. The van der Waals surface area contributed by atoms with Crippen molar-refractivity contribution in [2.45, 2.75) is 406 Å². The smallest absolute Gasteiger partial charge is 0.306 e. The highest BCUT2D eigenvalue weighted by molar-refractivity contribution is 5.71. The van der Waals surface area contributed by atoms with Crippen LogP contribution in [0.1, 0.15) is 400 Å². The number of hydrogen-bond acceptors (Lipinski definition) is 6. The average molecular weight is 1150 g/mol. The van der Waals surface area contributed by atoms with Gasteiger partial charge in [-0.3, -0.25) is 14.4 Å². The standard InChI is InChI=1S/C76H140O6/c1-4-7-10-13-16-19-22-25-27-29-31-33-34-35-36-37-38-39-40-41-42-44-45-47-49-51-54-57-60-63-66-69-75(78)81-72-73(71-80-74(77)68-65-62-59-56-53-24-21-18-15-12-9-6-3)82-76(79)70-67-64-61-58-55-52-50-48-46-43-32-30-28-26-23-20-17-14-11-8-5-2/h22-23,25-26,29-32,73H,4-21,24,27-28,33-72H2,1-3H3/b25-22-,26-23-,31-29-,32-30-. The second-order valence-corrected chi connectivity index (χ2v) is 24.9. The first kappa shape index (κ1) is 79.4. The third kappa shape index (κ3) is 68.2. The number of allylic oxidation sites excluding steroid dienone is 8. The maximum Gasteiger partial charge on any atom is 0.306 e. The van der Waals surface area contributed by atoms with Gasteiger partial charge in [-0.2, -0.15) is 0 Å². The van der Waals surface area contributed by atoms with Gasteiger partial charge < -0.3 is 14.2 Å². The summed E-state index contributed by atoms with van der Waals surface area (Å²) >= 11 is 0. The van der Waals surface area contributed by atoms with Gasteiger partial charge in [0.25, 0.3) is 0 Å². The van der Waals surface area contributed by atoms with E-state index in [1.165, 1.54) is 289 Å². The van der Waals surface area contributed by atoms with E-state index in [9.17, 15) is 14.4 Å². The van der Waals surface area contributed by atoms with Gasteiger partial charge in [0.05, 0.1) is 0 Å². The second-order valence-electron chi connectivity index (χ2n) is 24.9. The van der Waals surface area contributed by atoms with E-state index >= 15 is 0 Å². The number of unbranched alkanes of at least 4 members (excludes halogenated alkanes) is 49. The summed E-state index contributed by atoms with van der Waals surface area (Å²) in [6.45, 7) is 6.68. The molecule has 0 aromatic carbocycles. The van der Waals surface area contributed by atoms with E-state index in [1.807, 2.05) is 0 Å². The van der Waals surface area contributed by atoms with Crippen molar-refractivity contribution in [1.82, 2.24) is 0 Å². The first-order chi connectivity index (χ1) is 40.5. The van der Waals surface area contributed by atoms with Crippen LogP contribution in [0.5, 0.6) is 0 Å². The summed E-state index contributed by atoms with van der Waals surface area (Å²) in [4.78, 5) is 38.4. The van der Waals surface area contributed by atoms with Gasteiger partial charge in [0, 0.05) is 19.3 Å². The molecule has 82 heavy (non-hydrogen) atoms. The van der Waals surface area contributed by atoms with E-state index in [0.29, 0.717) is 19.3 Å². The first-order valence-corrected chi connectivity index (χ1v) is 36.6. The molecule has 480 valence electrons. The Labute approximate surface area is 511 Å². The summed E-state index contributed by atoms with van der Waals surface area (Å²) in [6, 6.07) is 0. The van der Waals surface area contributed by atoms with Crippen LogP contribution in [-0.2, 0) is 28.6 Å². The van der Waals surface area contributed by atoms with Gasteiger partial charge >= 0.3 is 17.9 Å². The molecule has 6 nitrogen and oxygen atoms in total. The van der Waals surface area contributed by atoms with Gasteiger partial charge in [-0.25, -0.2) is 0 Å². The normalized spacial score (nSPS) is 12.3. The lowest BCUT2D eigenvalue weighted by Gasteiger charge is -2.18. The van der Waals surface area contributed by atoms with Crippen LogP contribution in [0.15, 0.2) is 48.6 Å². The fraction of sp³-hybridized carbons (Fsp3) is 0.855. The van der Waals surface area contributed by atoms with Crippen molar-refractivity contribution in [1.29, 1.82) is 0 Å². The zero-order chi connectivity index (χ0) is 59.2. The highest BCUT2D eigenvalue weighted by Crippen LogP contribution is 2.18. The molecule has 0 radical (unpaired) electrons. The van der Waals surface area contributed by atoms with Crippen LogP contribution in [0.2, 0.25) is 0 Å². The summed E-state index contributed by atoms with van der Waals surface area (Å²) in [5.74, 6) is -0.846. The number of carbonyl (C=O) groups excluding carboxylic acids is 3. The number of hydrogen-bond donors (Lipinski definition) is 0. The fourth-order valence-corrected chi connectivity index (χ4v) is 11.0. The molecular weight excluding hydrogens is 1010 g/mol. The quantitative estimate of drug-likeness (QED) is 0.0261. The third-order valence-electron chi connectivity index (χ3n) is 16.6. The zero-order valence-corrected chi connectivity index (χ0v) is 55.3. The lowest BCUT2D eigenvalue weighted by atomic mass is 10.0. The van der Waals surface area contributed by atoms with Crippen molar-refractivity contribution in [3.05, 3.63) is 48.6 Å². The summed E-state index contributed by atoms with van der Waals surface area (Å²) in [6.07, 6.45) is 90.1. The fourth-order valence-electron chi connectivity index (χ4n) is 11.0. The highest BCUT2D eigenvalue weighted by Gasteiger charge is 2.19. The minimum absolute atomic E-state index is 0.0692. The van der Waals surface area contributed by atoms with E-state index < -0.39 is 6.10 Å². The molecular formula is C76H140O6. The minimum atomic E-state index is -0.773. The molecule has 0 aliphatic heterocycles. The summed E-state index contributed by atoms with van der Waals surface area (Å²) in [7, 11) is 0. The predicted octanol–water partition coefficient (Wildman–Crippen LogP) is 25.3. The summed E-state index contributed by atoms with van der Waals surface area (Å²) < 4.78 is 17.0. The molecule has 0 aromatic heterocycles. The maximum absolute atomic E-state index is 12.9. The van der Waals surface area contributed by atoms with Crippen molar-refractivity contribution >= 4 is 17.9 Å². The number of rotatable bonds is 68. The van der Waals surface area contributed by atoms with Crippen molar-refractivity contribution in [3.8, 4) is 0 Å². The van der Waals surface area contributed by atoms with E-state index in [1.54, 1.807) is 0 Å². The van der Waals surface area contributed by atoms with Crippen LogP contribution >= 0.6 is 0 Å². The summed E-state index contributed by atoms with van der Waals surface area (Å²) in [5, 5.41) is 0. The molecule has 0 spiro atoms. The molecule has 0 N–H and O–H groups in total. The van der Waals surface area contributed by atoms with Crippen LogP contribution in [0.3, 0.4) is 0 Å². The summed E-state index contributed by atoms with van der Waals surface area (Å²) in [5.41, 5.74) is 0. The Morgan fingerprint density at radius 3 is 0.671 bits per heavy atom. The van der Waals surface area contributed by atoms with Crippen LogP contribution in [-0.4, -0.2) is 37.2 Å². The first-order valence-electron chi connectivity index (χ1n) is 36.6. The molecule has 0 aliphatic carbocycles. The van der Waals surface area contributed by atoms with E-state index in [0.717, 1.165) is 70.6 Å². The van der Waals surface area contributed by atoms with Gasteiger partial charge in [0.15, 0.2) is 6.10 Å². The van der Waals surface area contributed by atoms with Crippen molar-refractivity contribution in [3.63, 3.8) is 0 Å². The second kappa shape index (κ2) is 70.9. The molecule has 0 amide bonds. The highest BCUT2D eigenvalue weighted by atomic mass is 16.6. The number of esters is 3. The Hall–Kier alpha value is -2.63. The van der Waals surface area contributed by atoms with Crippen LogP contribution in [0.4, 0.5) is 0 Å². The van der Waals surface area contributed by atoms with Gasteiger partial charge in [0.2, 0.25) is 0 Å². The largest absolute Gasteiger partial charge is 0.462 e. The molecule has 6 heteroatoms. The van der Waals surface area contributed by atoms with Crippen LogP contribution in [0.25, 0.3) is 0 Å². The molecule has 0 heterocycles. The number of ether oxygens (including phenoxy) is 3. The molecule has 0 saturated heterocycles. The lowest BCUT2D eigenvalue weighted by Crippen LogP contribution is -2.30. The Bertz CT molecular complexity index is 1410. The molecule has 0 bridgehead atoms. The lowest BCUT2D eigenvalue weighted by molar-refractivity contribution is -0.167. The molecule has 1 unspecified atom stereocenters.